The van der Waals surface area contributed by atoms with Crippen LogP contribution in [0.1, 0.15) is 25.7 Å². The molecule has 0 aliphatic heterocycles. The van der Waals surface area contributed by atoms with Crippen LogP contribution in [-0.2, 0) is 16.6 Å². The number of carbonyl (C=O) groups excluding carboxylic acids is 1. The Kier molecular flexibility index (Phi) is 4.85. The Morgan fingerprint density at radius 2 is 2.00 bits per heavy atom. The number of rotatable bonds is 4. The number of aryl methyl sites for hydroxylation is 1. The van der Waals surface area contributed by atoms with E-state index in [0.717, 1.165) is 47.7 Å². The van der Waals surface area contributed by atoms with Crippen LogP contribution in [0, 0.1) is 5.92 Å². The third kappa shape index (κ3) is 3.83. The van der Waals surface area contributed by atoms with Gasteiger partial charge in [-0.25, -0.2) is 9.97 Å². The van der Waals surface area contributed by atoms with Crippen molar-refractivity contribution in [1.29, 1.82) is 0 Å². The van der Waals surface area contributed by atoms with Gasteiger partial charge in [0.15, 0.2) is 0 Å². The Bertz CT molecular complexity index is 960. The predicted molar refractivity (Wildman–Crippen MR) is 103 cm³/mol. The smallest absolute Gasteiger partial charge is 0.229 e. The lowest BCUT2D eigenvalue weighted by atomic mass is 9.87. The van der Waals surface area contributed by atoms with Crippen LogP contribution in [0.15, 0.2) is 36.8 Å². The average Bonchev–Trinajstić information content (AvgIpc) is 3.14. The first-order valence-electron chi connectivity index (χ1n) is 9.22. The molecule has 1 aromatic carbocycles. The molecule has 1 N–H and O–H groups in total. The summed E-state index contributed by atoms with van der Waals surface area (Å²) in [5.41, 5.74) is 2.85. The molecular weight excluding hydrogens is 342 g/mol. The molecule has 140 valence electrons. The molecule has 27 heavy (non-hydrogen) atoms. The molecule has 0 atom stereocenters. The highest BCUT2D eigenvalue weighted by molar-refractivity contribution is 5.92. The number of hydrogen-bond acceptors (Lipinski definition) is 5. The van der Waals surface area contributed by atoms with E-state index in [0.29, 0.717) is 5.95 Å². The lowest BCUT2D eigenvalue weighted by Gasteiger charge is -2.26. The average molecular weight is 365 g/mol. The fraction of sp³-hybridized carbons (Fsp3) is 0.400. The normalized spacial score (nSPS) is 19.9. The molecule has 4 rings (SSSR count). The highest BCUT2D eigenvalue weighted by atomic mass is 16.5. The molecule has 0 unspecified atom stereocenters. The number of fused-ring (bicyclic) bond motifs is 1. The summed E-state index contributed by atoms with van der Waals surface area (Å²) in [5.74, 6) is 0.342. The van der Waals surface area contributed by atoms with Gasteiger partial charge in [-0.1, -0.05) is 12.1 Å². The summed E-state index contributed by atoms with van der Waals surface area (Å²) in [5, 5.41) is 8.02. The van der Waals surface area contributed by atoms with Crippen LogP contribution in [0.2, 0.25) is 0 Å². The molecule has 1 aliphatic rings. The number of anilines is 1. The van der Waals surface area contributed by atoms with E-state index in [-0.39, 0.29) is 17.9 Å². The van der Waals surface area contributed by atoms with Crippen molar-refractivity contribution >= 4 is 22.8 Å². The van der Waals surface area contributed by atoms with Gasteiger partial charge in [0, 0.05) is 43.4 Å². The second-order valence-electron chi connectivity index (χ2n) is 7.07. The maximum atomic E-state index is 12.5. The van der Waals surface area contributed by atoms with E-state index in [4.69, 9.17) is 4.74 Å². The largest absolute Gasteiger partial charge is 0.381 e. The van der Waals surface area contributed by atoms with E-state index >= 15 is 0 Å². The van der Waals surface area contributed by atoms with Crippen LogP contribution in [0.5, 0.6) is 0 Å². The minimum absolute atomic E-state index is 0.00238. The molecular formula is C20H23N5O2. The van der Waals surface area contributed by atoms with Gasteiger partial charge in [-0.2, -0.15) is 5.10 Å². The lowest BCUT2D eigenvalue weighted by Crippen LogP contribution is -2.30. The van der Waals surface area contributed by atoms with Crippen LogP contribution < -0.4 is 5.32 Å². The van der Waals surface area contributed by atoms with Crippen LogP contribution >= 0.6 is 0 Å². The molecule has 2 heterocycles. The molecule has 0 bridgehead atoms. The Hall–Kier alpha value is -2.80. The van der Waals surface area contributed by atoms with Crippen molar-refractivity contribution in [3.63, 3.8) is 0 Å². The zero-order valence-corrected chi connectivity index (χ0v) is 15.6. The Morgan fingerprint density at radius 1 is 1.19 bits per heavy atom. The Morgan fingerprint density at radius 3 is 2.70 bits per heavy atom. The van der Waals surface area contributed by atoms with Gasteiger partial charge < -0.3 is 4.74 Å². The molecule has 0 saturated heterocycles. The zero-order chi connectivity index (χ0) is 18.8. The maximum Gasteiger partial charge on any atom is 0.229 e. The van der Waals surface area contributed by atoms with Crippen molar-refractivity contribution in [2.75, 3.05) is 12.4 Å². The van der Waals surface area contributed by atoms with Crippen LogP contribution in [0.4, 0.5) is 5.95 Å². The summed E-state index contributed by atoms with van der Waals surface area (Å²) in [6, 6.07) is 6.00. The third-order valence-electron chi connectivity index (χ3n) is 5.23. The van der Waals surface area contributed by atoms with Crippen LogP contribution in [0.25, 0.3) is 22.0 Å². The second-order valence-corrected chi connectivity index (χ2v) is 7.07. The first-order valence-corrected chi connectivity index (χ1v) is 9.22. The molecule has 0 radical (unpaired) electrons. The van der Waals surface area contributed by atoms with Crippen molar-refractivity contribution in [1.82, 2.24) is 19.7 Å². The van der Waals surface area contributed by atoms with Crippen molar-refractivity contribution < 1.29 is 9.53 Å². The van der Waals surface area contributed by atoms with Gasteiger partial charge in [0.05, 0.1) is 17.8 Å². The Labute approximate surface area is 157 Å². The number of methoxy groups -OCH3 is 1. The highest BCUT2D eigenvalue weighted by Gasteiger charge is 2.26. The molecule has 3 aromatic rings. The number of aromatic nitrogens is 4. The molecule has 7 heteroatoms. The number of carbonyl (C=O) groups is 1. The van der Waals surface area contributed by atoms with Gasteiger partial charge in [0.1, 0.15) is 0 Å². The summed E-state index contributed by atoms with van der Waals surface area (Å²) in [4.78, 5) is 21.4. The van der Waals surface area contributed by atoms with Crippen molar-refractivity contribution in [3.05, 3.63) is 36.8 Å². The second kappa shape index (κ2) is 7.44. The number of ether oxygens (including phenoxy) is 1. The van der Waals surface area contributed by atoms with E-state index in [1.165, 1.54) is 0 Å². The van der Waals surface area contributed by atoms with E-state index in [9.17, 15) is 4.79 Å². The predicted octanol–water partition coefficient (Wildman–Crippen LogP) is 3.17. The van der Waals surface area contributed by atoms with Crippen molar-refractivity contribution in [2.24, 2.45) is 13.0 Å². The fourth-order valence-corrected chi connectivity index (χ4v) is 3.61. The lowest BCUT2D eigenvalue weighted by molar-refractivity contribution is -0.121. The van der Waals surface area contributed by atoms with E-state index in [1.807, 2.05) is 37.6 Å². The standard InChI is InChI=1S/C20H23N5O2/c1-25-12-16(11-22-25)14-3-4-15-10-21-20(23-18(15)9-14)24-19(26)13-5-7-17(27-2)8-6-13/h3-4,9-13,17H,5-8H2,1-2H3,(H,21,23,24,26)/t13-,17-. The SMILES string of the molecule is CO[C@H]1CC[C@H](C(=O)Nc2ncc3ccc(-c4cnn(C)c4)cc3n2)CC1. The minimum Gasteiger partial charge on any atom is -0.381 e. The first kappa shape index (κ1) is 17.6. The summed E-state index contributed by atoms with van der Waals surface area (Å²) in [6.07, 6.45) is 9.31. The molecule has 1 amide bonds. The molecule has 1 aliphatic carbocycles. The summed E-state index contributed by atoms with van der Waals surface area (Å²) >= 11 is 0. The van der Waals surface area contributed by atoms with Gasteiger partial charge in [-0.05, 0) is 37.3 Å². The van der Waals surface area contributed by atoms with E-state index in [1.54, 1.807) is 18.0 Å². The van der Waals surface area contributed by atoms with E-state index in [2.05, 4.69) is 20.4 Å². The highest BCUT2D eigenvalue weighted by Crippen LogP contribution is 2.27. The number of nitrogens with one attached hydrogen (secondary N) is 1. The van der Waals surface area contributed by atoms with Crippen molar-refractivity contribution in [3.8, 4) is 11.1 Å². The number of amides is 1. The zero-order valence-electron chi connectivity index (χ0n) is 15.6. The molecule has 2 aromatic heterocycles. The monoisotopic (exact) mass is 365 g/mol. The van der Waals surface area contributed by atoms with Crippen molar-refractivity contribution in [2.45, 2.75) is 31.8 Å². The quantitative estimate of drug-likeness (QED) is 0.768. The Balaban J connectivity index is 1.51. The fourth-order valence-electron chi connectivity index (χ4n) is 3.61. The van der Waals surface area contributed by atoms with Gasteiger partial charge in [0.2, 0.25) is 11.9 Å². The molecule has 7 nitrogen and oxygen atoms in total. The molecule has 1 fully saturated rings. The van der Waals surface area contributed by atoms with E-state index < -0.39 is 0 Å². The molecule has 0 spiro atoms. The number of hydrogen-bond donors (Lipinski definition) is 1. The number of benzene rings is 1. The van der Waals surface area contributed by atoms with Gasteiger partial charge >= 0.3 is 0 Å². The summed E-state index contributed by atoms with van der Waals surface area (Å²) in [7, 11) is 3.62. The van der Waals surface area contributed by atoms with Gasteiger partial charge in [0.25, 0.3) is 0 Å². The third-order valence-corrected chi connectivity index (χ3v) is 5.23. The minimum atomic E-state index is -0.00711. The van der Waals surface area contributed by atoms with Crippen LogP contribution in [0.3, 0.4) is 0 Å². The topological polar surface area (TPSA) is 81.9 Å². The maximum absolute atomic E-state index is 12.5. The summed E-state index contributed by atoms with van der Waals surface area (Å²) in [6.45, 7) is 0. The molecule has 1 saturated carbocycles. The summed E-state index contributed by atoms with van der Waals surface area (Å²) < 4.78 is 7.14. The number of nitrogens with zero attached hydrogens (tertiary/aromatic N) is 4. The first-order chi connectivity index (χ1) is 13.1. The van der Waals surface area contributed by atoms with Gasteiger partial charge in [-0.3, -0.25) is 14.8 Å². The van der Waals surface area contributed by atoms with Crippen LogP contribution in [-0.4, -0.2) is 38.9 Å². The van der Waals surface area contributed by atoms with Gasteiger partial charge in [-0.15, -0.1) is 0 Å².